The molecule has 2 rings (SSSR count). The van der Waals surface area contributed by atoms with Crippen molar-refractivity contribution in [2.24, 2.45) is 0 Å². The number of aryl methyl sites for hydroxylation is 1. The number of nitrogens with zero attached hydrogens (tertiary/aromatic N) is 1. The van der Waals surface area contributed by atoms with Gasteiger partial charge in [0.2, 0.25) is 5.76 Å². The van der Waals surface area contributed by atoms with E-state index < -0.39 is 0 Å². The van der Waals surface area contributed by atoms with Crippen LogP contribution in [0.1, 0.15) is 26.4 Å². The number of aromatic nitrogens is 1. The molecule has 18 heavy (non-hydrogen) atoms. The highest BCUT2D eigenvalue weighted by atomic mass is 32.1. The first-order valence-corrected chi connectivity index (χ1v) is 6.30. The van der Waals surface area contributed by atoms with E-state index in [1.54, 1.807) is 18.4 Å². The Morgan fingerprint density at radius 3 is 2.94 bits per heavy atom. The van der Waals surface area contributed by atoms with E-state index in [9.17, 15) is 4.79 Å². The average Bonchev–Trinajstić information content (AvgIpc) is 3.01. The third-order valence-electron chi connectivity index (χ3n) is 2.47. The van der Waals surface area contributed by atoms with Crippen molar-refractivity contribution in [3.05, 3.63) is 39.9 Å². The third-order valence-corrected chi connectivity index (χ3v) is 3.57. The molecule has 0 spiro atoms. The molecule has 1 amide bonds. The SMILES string of the molecule is COC(CNC(=O)c1ccno1)c1ccc(C)s1. The summed E-state index contributed by atoms with van der Waals surface area (Å²) < 4.78 is 10.1. The highest BCUT2D eigenvalue weighted by Crippen LogP contribution is 2.24. The fourth-order valence-electron chi connectivity index (χ4n) is 1.53. The van der Waals surface area contributed by atoms with Crippen LogP contribution < -0.4 is 5.32 Å². The van der Waals surface area contributed by atoms with E-state index >= 15 is 0 Å². The molecule has 5 nitrogen and oxygen atoms in total. The van der Waals surface area contributed by atoms with Gasteiger partial charge in [0, 0.05) is 29.5 Å². The lowest BCUT2D eigenvalue weighted by Crippen LogP contribution is -2.28. The Bertz CT molecular complexity index is 507. The van der Waals surface area contributed by atoms with Crippen LogP contribution >= 0.6 is 11.3 Å². The molecule has 2 aromatic heterocycles. The van der Waals surface area contributed by atoms with Crippen molar-refractivity contribution in [2.45, 2.75) is 13.0 Å². The largest absolute Gasteiger partial charge is 0.374 e. The van der Waals surface area contributed by atoms with Gasteiger partial charge < -0.3 is 14.6 Å². The molecule has 0 radical (unpaired) electrons. The van der Waals surface area contributed by atoms with Crippen LogP contribution in [0.5, 0.6) is 0 Å². The molecule has 0 saturated carbocycles. The second-order valence-corrected chi connectivity index (χ2v) is 5.08. The number of methoxy groups -OCH3 is 1. The molecular weight excluding hydrogens is 252 g/mol. The highest BCUT2D eigenvalue weighted by molar-refractivity contribution is 7.12. The number of hydrogen-bond acceptors (Lipinski definition) is 5. The molecule has 1 atom stereocenters. The van der Waals surface area contributed by atoms with Crippen LogP contribution in [-0.4, -0.2) is 24.7 Å². The molecule has 0 aromatic carbocycles. The first-order valence-electron chi connectivity index (χ1n) is 5.48. The Morgan fingerprint density at radius 1 is 1.56 bits per heavy atom. The number of hydrogen-bond donors (Lipinski definition) is 1. The Labute approximate surface area is 109 Å². The van der Waals surface area contributed by atoms with Crippen LogP contribution in [0.15, 0.2) is 28.9 Å². The fraction of sp³-hybridized carbons (Fsp3) is 0.333. The molecule has 0 fully saturated rings. The first-order chi connectivity index (χ1) is 8.70. The average molecular weight is 266 g/mol. The van der Waals surface area contributed by atoms with Crippen molar-refractivity contribution >= 4 is 17.2 Å². The van der Waals surface area contributed by atoms with Gasteiger partial charge in [-0.2, -0.15) is 0 Å². The van der Waals surface area contributed by atoms with E-state index in [0.717, 1.165) is 4.88 Å². The van der Waals surface area contributed by atoms with Crippen molar-refractivity contribution in [1.29, 1.82) is 0 Å². The topological polar surface area (TPSA) is 64.4 Å². The van der Waals surface area contributed by atoms with E-state index in [0.29, 0.717) is 6.54 Å². The summed E-state index contributed by atoms with van der Waals surface area (Å²) in [5.74, 6) is -0.0879. The molecule has 0 aliphatic rings. The van der Waals surface area contributed by atoms with E-state index in [-0.39, 0.29) is 17.8 Å². The van der Waals surface area contributed by atoms with Gasteiger partial charge in [-0.05, 0) is 19.1 Å². The van der Waals surface area contributed by atoms with Crippen molar-refractivity contribution in [2.75, 3.05) is 13.7 Å². The zero-order chi connectivity index (χ0) is 13.0. The lowest BCUT2D eigenvalue weighted by Gasteiger charge is -2.13. The monoisotopic (exact) mass is 266 g/mol. The van der Waals surface area contributed by atoms with Crippen LogP contribution in [0.4, 0.5) is 0 Å². The molecule has 0 bridgehead atoms. The normalized spacial score (nSPS) is 12.3. The van der Waals surface area contributed by atoms with Gasteiger partial charge in [0.25, 0.3) is 5.91 Å². The molecule has 6 heteroatoms. The molecule has 1 unspecified atom stereocenters. The van der Waals surface area contributed by atoms with Crippen LogP contribution in [0, 0.1) is 6.92 Å². The number of amides is 1. The Kier molecular flexibility index (Phi) is 4.11. The zero-order valence-electron chi connectivity index (χ0n) is 10.2. The van der Waals surface area contributed by atoms with Crippen LogP contribution in [0.2, 0.25) is 0 Å². The van der Waals surface area contributed by atoms with Crippen LogP contribution in [0.25, 0.3) is 0 Å². The summed E-state index contributed by atoms with van der Waals surface area (Å²) >= 11 is 1.66. The lowest BCUT2D eigenvalue weighted by molar-refractivity contribution is 0.0809. The standard InChI is InChI=1S/C12H14N2O3S/c1-8-3-4-11(18-8)10(16-2)7-13-12(15)9-5-6-14-17-9/h3-6,10H,7H2,1-2H3,(H,13,15). The Hall–Kier alpha value is -1.66. The van der Waals surface area contributed by atoms with Gasteiger partial charge in [-0.25, -0.2) is 0 Å². The third kappa shape index (κ3) is 2.96. The summed E-state index contributed by atoms with van der Waals surface area (Å²) in [4.78, 5) is 14.0. The summed E-state index contributed by atoms with van der Waals surface area (Å²) in [6.07, 6.45) is 1.29. The van der Waals surface area contributed by atoms with E-state index in [4.69, 9.17) is 9.26 Å². The van der Waals surface area contributed by atoms with E-state index in [1.807, 2.05) is 19.1 Å². The zero-order valence-corrected chi connectivity index (χ0v) is 11.0. The number of carbonyl (C=O) groups excluding carboxylic acids is 1. The number of carbonyl (C=O) groups is 1. The Morgan fingerprint density at radius 2 is 2.39 bits per heavy atom. The quantitative estimate of drug-likeness (QED) is 0.900. The molecule has 0 aliphatic carbocycles. The minimum absolute atomic E-state index is 0.143. The van der Waals surface area contributed by atoms with Gasteiger partial charge in [0.15, 0.2) is 0 Å². The predicted molar refractivity (Wildman–Crippen MR) is 67.6 cm³/mol. The lowest BCUT2D eigenvalue weighted by atomic mass is 10.3. The van der Waals surface area contributed by atoms with Crippen molar-refractivity contribution in [1.82, 2.24) is 10.5 Å². The summed E-state index contributed by atoms with van der Waals surface area (Å²) in [5.41, 5.74) is 0. The maximum Gasteiger partial charge on any atom is 0.289 e. The second-order valence-electron chi connectivity index (χ2n) is 3.76. The maximum atomic E-state index is 11.7. The number of rotatable bonds is 5. The molecule has 0 aliphatic heterocycles. The molecule has 2 aromatic rings. The van der Waals surface area contributed by atoms with Gasteiger partial charge in [-0.1, -0.05) is 5.16 Å². The van der Waals surface area contributed by atoms with Crippen molar-refractivity contribution < 1.29 is 14.1 Å². The van der Waals surface area contributed by atoms with Gasteiger partial charge in [-0.15, -0.1) is 11.3 Å². The molecule has 2 heterocycles. The summed E-state index contributed by atoms with van der Waals surface area (Å²) in [5, 5.41) is 6.24. The second kappa shape index (κ2) is 5.79. The Balaban J connectivity index is 1.94. The molecule has 96 valence electrons. The highest BCUT2D eigenvalue weighted by Gasteiger charge is 2.16. The van der Waals surface area contributed by atoms with Crippen molar-refractivity contribution in [3.63, 3.8) is 0 Å². The van der Waals surface area contributed by atoms with Crippen LogP contribution in [0.3, 0.4) is 0 Å². The minimum Gasteiger partial charge on any atom is -0.374 e. The maximum absolute atomic E-state index is 11.7. The van der Waals surface area contributed by atoms with Gasteiger partial charge in [-0.3, -0.25) is 4.79 Å². The summed E-state index contributed by atoms with van der Waals surface area (Å²) in [6.45, 7) is 2.43. The van der Waals surface area contributed by atoms with Gasteiger partial charge >= 0.3 is 0 Å². The number of thiophene rings is 1. The smallest absolute Gasteiger partial charge is 0.289 e. The van der Waals surface area contributed by atoms with Gasteiger partial charge in [0.1, 0.15) is 6.10 Å². The van der Waals surface area contributed by atoms with Crippen LogP contribution in [-0.2, 0) is 4.74 Å². The number of ether oxygens (including phenoxy) is 1. The van der Waals surface area contributed by atoms with Crippen molar-refractivity contribution in [3.8, 4) is 0 Å². The van der Waals surface area contributed by atoms with E-state index in [2.05, 4.69) is 10.5 Å². The fourth-order valence-corrected chi connectivity index (χ4v) is 2.49. The van der Waals surface area contributed by atoms with E-state index in [1.165, 1.54) is 17.1 Å². The predicted octanol–water partition coefficient (Wildman–Crippen LogP) is 2.16. The summed E-state index contributed by atoms with van der Waals surface area (Å²) in [6, 6.07) is 5.56. The van der Waals surface area contributed by atoms with Gasteiger partial charge in [0.05, 0.1) is 6.20 Å². The first kappa shape index (κ1) is 12.8. The molecule has 1 N–H and O–H groups in total. The minimum atomic E-state index is -0.289. The molecule has 0 saturated heterocycles. The number of nitrogens with one attached hydrogen (secondary N) is 1. The molecular formula is C12H14N2O3S. The summed E-state index contributed by atoms with van der Waals surface area (Å²) in [7, 11) is 1.63.